The molecule has 2 rings (SSSR count). The molecule has 0 unspecified atom stereocenters. The maximum absolute atomic E-state index is 10.9. The van der Waals surface area contributed by atoms with Gasteiger partial charge in [-0.2, -0.15) is 0 Å². The molecule has 0 atom stereocenters. The fourth-order valence-corrected chi connectivity index (χ4v) is 1.62. The van der Waals surface area contributed by atoms with Crippen molar-refractivity contribution in [3.63, 3.8) is 0 Å². The van der Waals surface area contributed by atoms with E-state index in [9.17, 15) is 4.79 Å². The highest BCUT2D eigenvalue weighted by atomic mass is 16.4. The van der Waals surface area contributed by atoms with E-state index in [1.54, 1.807) is 12.1 Å². The van der Waals surface area contributed by atoms with Crippen molar-refractivity contribution in [1.29, 1.82) is 0 Å². The molecule has 0 spiro atoms. The highest BCUT2D eigenvalue weighted by Gasteiger charge is 2.08. The van der Waals surface area contributed by atoms with Crippen LogP contribution in [0.15, 0.2) is 30.3 Å². The lowest BCUT2D eigenvalue weighted by Gasteiger charge is -2.04. The molecule has 0 aliphatic heterocycles. The number of hydrogen-bond donors (Lipinski definition) is 2. The van der Waals surface area contributed by atoms with Crippen LogP contribution in [0.2, 0.25) is 0 Å². The van der Waals surface area contributed by atoms with Gasteiger partial charge in [0.05, 0.1) is 5.56 Å². The number of hydrogen-bond acceptors (Lipinski definition) is 2. The van der Waals surface area contributed by atoms with Crippen LogP contribution in [-0.4, -0.2) is 11.1 Å². The van der Waals surface area contributed by atoms with E-state index in [-0.39, 0.29) is 5.56 Å². The van der Waals surface area contributed by atoms with Gasteiger partial charge in [0.15, 0.2) is 0 Å². The van der Waals surface area contributed by atoms with E-state index < -0.39 is 5.97 Å². The van der Waals surface area contributed by atoms with Crippen molar-refractivity contribution in [2.24, 2.45) is 0 Å². The third kappa shape index (κ3) is 1.64. The summed E-state index contributed by atoms with van der Waals surface area (Å²) in [4.78, 5) is 10.9. The number of carboxylic acid groups (broad SMARTS) is 1. The summed E-state index contributed by atoms with van der Waals surface area (Å²) in [7, 11) is 0. The summed E-state index contributed by atoms with van der Waals surface area (Å²) < 4.78 is 0. The minimum absolute atomic E-state index is 0.160. The number of rotatable bonds is 1. The van der Waals surface area contributed by atoms with Gasteiger partial charge in [-0.25, -0.2) is 4.79 Å². The first-order chi connectivity index (χ1) is 7.08. The van der Waals surface area contributed by atoms with Crippen LogP contribution in [0, 0.1) is 6.92 Å². The van der Waals surface area contributed by atoms with Crippen LogP contribution in [-0.2, 0) is 0 Å². The number of carboxylic acids is 1. The Labute approximate surface area is 87.1 Å². The Bertz CT molecular complexity index is 547. The maximum Gasteiger partial charge on any atom is 0.337 e. The molecule has 76 valence electrons. The molecule has 15 heavy (non-hydrogen) atoms. The molecule has 2 aromatic carbocycles. The van der Waals surface area contributed by atoms with Gasteiger partial charge >= 0.3 is 5.97 Å². The molecular weight excluding hydrogens is 190 g/mol. The second-order valence-electron chi connectivity index (χ2n) is 3.60. The average molecular weight is 201 g/mol. The van der Waals surface area contributed by atoms with E-state index in [0.29, 0.717) is 5.69 Å². The standard InChI is InChI=1S/C12H11NO2/c1-7-2-3-8-6-11(13)10(12(14)15)5-9(8)4-7/h2-6H,13H2,1H3,(H,14,15). The Morgan fingerprint density at radius 2 is 1.93 bits per heavy atom. The molecule has 0 aliphatic carbocycles. The first-order valence-electron chi connectivity index (χ1n) is 4.61. The minimum atomic E-state index is -0.990. The Balaban J connectivity index is 2.77. The number of aromatic carboxylic acids is 1. The van der Waals surface area contributed by atoms with Crippen LogP contribution < -0.4 is 5.73 Å². The second kappa shape index (κ2) is 3.28. The fraction of sp³-hybridized carbons (Fsp3) is 0.0833. The largest absolute Gasteiger partial charge is 0.478 e. The molecule has 2 aromatic rings. The van der Waals surface area contributed by atoms with E-state index in [0.717, 1.165) is 16.3 Å². The normalized spacial score (nSPS) is 10.5. The molecule has 0 aromatic heterocycles. The van der Waals surface area contributed by atoms with Crippen molar-refractivity contribution in [3.05, 3.63) is 41.5 Å². The van der Waals surface area contributed by atoms with Gasteiger partial charge < -0.3 is 10.8 Å². The van der Waals surface area contributed by atoms with E-state index in [4.69, 9.17) is 10.8 Å². The zero-order valence-corrected chi connectivity index (χ0v) is 8.32. The van der Waals surface area contributed by atoms with E-state index >= 15 is 0 Å². The summed E-state index contributed by atoms with van der Waals surface area (Å²) in [6.45, 7) is 1.97. The number of carbonyl (C=O) groups is 1. The number of benzene rings is 2. The Kier molecular flexibility index (Phi) is 2.08. The smallest absolute Gasteiger partial charge is 0.337 e. The highest BCUT2D eigenvalue weighted by Crippen LogP contribution is 2.22. The lowest BCUT2D eigenvalue weighted by Crippen LogP contribution is -2.02. The molecule has 3 nitrogen and oxygen atoms in total. The summed E-state index contributed by atoms with van der Waals surface area (Å²) in [6.07, 6.45) is 0. The van der Waals surface area contributed by atoms with Crippen molar-refractivity contribution >= 4 is 22.4 Å². The van der Waals surface area contributed by atoms with E-state index in [1.807, 2.05) is 25.1 Å². The molecule has 0 amide bonds. The zero-order valence-electron chi connectivity index (χ0n) is 8.32. The van der Waals surface area contributed by atoms with Gasteiger partial charge in [0.2, 0.25) is 0 Å². The lowest BCUT2D eigenvalue weighted by atomic mass is 10.0. The topological polar surface area (TPSA) is 63.3 Å². The maximum atomic E-state index is 10.9. The molecule has 0 fully saturated rings. The van der Waals surface area contributed by atoms with Gasteiger partial charge in [0.1, 0.15) is 0 Å². The average Bonchev–Trinajstić information content (AvgIpc) is 2.17. The summed E-state index contributed by atoms with van der Waals surface area (Å²) in [5.41, 5.74) is 7.21. The number of fused-ring (bicyclic) bond motifs is 1. The predicted octanol–water partition coefficient (Wildman–Crippen LogP) is 2.43. The van der Waals surface area contributed by atoms with E-state index in [2.05, 4.69) is 0 Å². The molecule has 0 radical (unpaired) electrons. The molecular formula is C12H11NO2. The third-order valence-electron chi connectivity index (χ3n) is 2.39. The predicted molar refractivity (Wildman–Crippen MR) is 60.1 cm³/mol. The van der Waals surface area contributed by atoms with Crippen molar-refractivity contribution in [2.75, 3.05) is 5.73 Å². The molecule has 0 saturated heterocycles. The summed E-state index contributed by atoms with van der Waals surface area (Å²) in [5.74, 6) is -0.990. The SMILES string of the molecule is Cc1ccc2cc(N)c(C(=O)O)cc2c1. The number of anilines is 1. The van der Waals surface area contributed by atoms with Gasteiger partial charge in [-0.3, -0.25) is 0 Å². The monoisotopic (exact) mass is 201 g/mol. The molecule has 3 heteroatoms. The second-order valence-corrected chi connectivity index (χ2v) is 3.60. The molecule has 0 aliphatic rings. The van der Waals surface area contributed by atoms with Crippen molar-refractivity contribution < 1.29 is 9.90 Å². The van der Waals surface area contributed by atoms with Gasteiger partial charge in [0.25, 0.3) is 0 Å². The molecule has 0 saturated carbocycles. The van der Waals surface area contributed by atoms with Crippen LogP contribution in [0.1, 0.15) is 15.9 Å². The zero-order chi connectivity index (χ0) is 11.0. The lowest BCUT2D eigenvalue weighted by molar-refractivity contribution is 0.0698. The van der Waals surface area contributed by atoms with Crippen molar-refractivity contribution in [1.82, 2.24) is 0 Å². The number of nitrogens with two attached hydrogens (primary N) is 1. The molecule has 0 heterocycles. The quantitative estimate of drug-likeness (QED) is 0.696. The molecule has 0 bridgehead atoms. The van der Waals surface area contributed by atoms with Gasteiger partial charge in [-0.05, 0) is 29.8 Å². The fourth-order valence-electron chi connectivity index (χ4n) is 1.62. The van der Waals surface area contributed by atoms with Crippen LogP contribution in [0.5, 0.6) is 0 Å². The van der Waals surface area contributed by atoms with Crippen molar-refractivity contribution in [2.45, 2.75) is 6.92 Å². The highest BCUT2D eigenvalue weighted by molar-refractivity contribution is 6.00. The number of aryl methyl sites for hydroxylation is 1. The summed E-state index contributed by atoms with van der Waals surface area (Å²) in [5, 5.41) is 10.8. The van der Waals surface area contributed by atoms with Crippen LogP contribution in [0.3, 0.4) is 0 Å². The first kappa shape index (κ1) is 9.52. The van der Waals surface area contributed by atoms with Crippen LogP contribution in [0.4, 0.5) is 5.69 Å². The van der Waals surface area contributed by atoms with Crippen LogP contribution >= 0.6 is 0 Å². The minimum Gasteiger partial charge on any atom is -0.478 e. The summed E-state index contributed by atoms with van der Waals surface area (Å²) >= 11 is 0. The molecule has 3 N–H and O–H groups in total. The van der Waals surface area contributed by atoms with Gasteiger partial charge in [-0.1, -0.05) is 23.8 Å². The Morgan fingerprint density at radius 3 is 2.60 bits per heavy atom. The number of nitrogen functional groups attached to an aromatic ring is 1. The Hall–Kier alpha value is -2.03. The first-order valence-corrected chi connectivity index (χ1v) is 4.61. The van der Waals surface area contributed by atoms with E-state index in [1.165, 1.54) is 0 Å². The van der Waals surface area contributed by atoms with Crippen molar-refractivity contribution in [3.8, 4) is 0 Å². The van der Waals surface area contributed by atoms with Gasteiger partial charge in [0, 0.05) is 5.69 Å². The van der Waals surface area contributed by atoms with Gasteiger partial charge in [-0.15, -0.1) is 0 Å². The third-order valence-corrected chi connectivity index (χ3v) is 2.39. The Morgan fingerprint density at radius 1 is 1.20 bits per heavy atom. The summed E-state index contributed by atoms with van der Waals surface area (Å²) in [6, 6.07) is 9.16. The van der Waals surface area contributed by atoms with Crippen LogP contribution in [0.25, 0.3) is 10.8 Å².